The summed E-state index contributed by atoms with van der Waals surface area (Å²) in [6, 6.07) is 5.45. The Labute approximate surface area is 104 Å². The summed E-state index contributed by atoms with van der Waals surface area (Å²) in [6.07, 6.45) is 4.67. The van der Waals surface area contributed by atoms with E-state index in [-0.39, 0.29) is 18.1 Å². The van der Waals surface area contributed by atoms with Gasteiger partial charge in [-0.3, -0.25) is 9.59 Å². The van der Waals surface area contributed by atoms with Gasteiger partial charge < -0.3 is 5.32 Å². The van der Waals surface area contributed by atoms with Crippen LogP contribution in [-0.4, -0.2) is 26.5 Å². The van der Waals surface area contributed by atoms with Crippen LogP contribution in [0.4, 0.5) is 5.69 Å². The molecular formula is C12H12N4O2. The molecule has 1 amide bonds. The normalized spacial score (nSPS) is 10.1. The number of anilines is 1. The smallest absolute Gasteiger partial charge is 0.231 e. The highest BCUT2D eigenvalue weighted by Crippen LogP contribution is 2.09. The van der Waals surface area contributed by atoms with Crippen LogP contribution in [-0.2, 0) is 9.59 Å². The van der Waals surface area contributed by atoms with Crippen molar-refractivity contribution in [2.24, 2.45) is 0 Å². The van der Waals surface area contributed by atoms with Crippen molar-refractivity contribution in [1.29, 1.82) is 0 Å². The van der Waals surface area contributed by atoms with E-state index in [2.05, 4.69) is 15.4 Å². The third-order valence-electron chi connectivity index (χ3n) is 2.16. The van der Waals surface area contributed by atoms with E-state index in [1.165, 1.54) is 13.1 Å². The van der Waals surface area contributed by atoms with Gasteiger partial charge in [0.1, 0.15) is 5.78 Å². The van der Waals surface area contributed by atoms with Crippen LogP contribution in [0.25, 0.3) is 5.82 Å². The molecule has 0 unspecified atom stereocenters. The number of carbonyl (C=O) groups is 2. The fraction of sp³-hybridized carbons (Fsp3) is 0.167. The molecule has 0 saturated heterocycles. The molecule has 0 aromatic carbocycles. The summed E-state index contributed by atoms with van der Waals surface area (Å²) in [7, 11) is 0. The Hall–Kier alpha value is -2.50. The van der Waals surface area contributed by atoms with Crippen molar-refractivity contribution in [1.82, 2.24) is 14.8 Å². The van der Waals surface area contributed by atoms with Crippen molar-refractivity contribution in [3.05, 3.63) is 36.8 Å². The molecule has 0 bridgehead atoms. The van der Waals surface area contributed by atoms with Crippen LogP contribution in [0.5, 0.6) is 0 Å². The van der Waals surface area contributed by atoms with E-state index in [9.17, 15) is 9.59 Å². The molecule has 92 valence electrons. The lowest BCUT2D eigenvalue weighted by molar-refractivity contribution is -0.124. The van der Waals surface area contributed by atoms with Crippen molar-refractivity contribution >= 4 is 17.4 Å². The maximum absolute atomic E-state index is 11.4. The van der Waals surface area contributed by atoms with E-state index in [0.29, 0.717) is 11.5 Å². The van der Waals surface area contributed by atoms with Crippen LogP contribution in [0.1, 0.15) is 13.3 Å². The Balaban J connectivity index is 2.07. The Kier molecular flexibility index (Phi) is 3.47. The quantitative estimate of drug-likeness (QED) is 0.819. The highest BCUT2D eigenvalue weighted by atomic mass is 16.2. The Morgan fingerprint density at radius 3 is 2.89 bits per heavy atom. The van der Waals surface area contributed by atoms with Gasteiger partial charge in [-0.15, -0.1) is 0 Å². The molecule has 0 atom stereocenters. The zero-order valence-electron chi connectivity index (χ0n) is 9.83. The number of carbonyl (C=O) groups excluding carboxylic acids is 2. The van der Waals surface area contributed by atoms with Crippen molar-refractivity contribution in [2.45, 2.75) is 13.3 Å². The lowest BCUT2D eigenvalue weighted by Crippen LogP contribution is -2.14. The number of nitrogens with one attached hydrogen (secondary N) is 1. The Morgan fingerprint density at radius 2 is 2.22 bits per heavy atom. The third-order valence-corrected chi connectivity index (χ3v) is 2.16. The van der Waals surface area contributed by atoms with Crippen LogP contribution < -0.4 is 5.32 Å². The fourth-order valence-electron chi connectivity index (χ4n) is 1.43. The second-order valence-corrected chi connectivity index (χ2v) is 3.79. The minimum Gasteiger partial charge on any atom is -0.323 e. The molecule has 2 aromatic heterocycles. The van der Waals surface area contributed by atoms with Gasteiger partial charge in [-0.2, -0.15) is 5.10 Å². The van der Waals surface area contributed by atoms with E-state index in [0.717, 1.165) is 0 Å². The van der Waals surface area contributed by atoms with Gasteiger partial charge in [0, 0.05) is 6.20 Å². The molecule has 0 spiro atoms. The highest BCUT2D eigenvalue weighted by Gasteiger charge is 2.07. The van der Waals surface area contributed by atoms with Gasteiger partial charge in [0.15, 0.2) is 5.82 Å². The predicted octanol–water partition coefficient (Wildman–Crippen LogP) is 1.18. The lowest BCUT2D eigenvalue weighted by atomic mass is 10.3. The molecule has 0 fully saturated rings. The molecule has 0 aliphatic carbocycles. The van der Waals surface area contributed by atoms with Crippen molar-refractivity contribution < 1.29 is 9.59 Å². The highest BCUT2D eigenvalue weighted by molar-refractivity contribution is 6.03. The zero-order valence-corrected chi connectivity index (χ0v) is 9.83. The molecule has 0 radical (unpaired) electrons. The molecule has 0 aliphatic heterocycles. The number of ketones is 1. The first kappa shape index (κ1) is 12.0. The van der Waals surface area contributed by atoms with Gasteiger partial charge in [0.25, 0.3) is 0 Å². The molecule has 6 nitrogen and oxygen atoms in total. The maximum Gasteiger partial charge on any atom is 0.231 e. The van der Waals surface area contributed by atoms with E-state index in [4.69, 9.17) is 0 Å². The fourth-order valence-corrected chi connectivity index (χ4v) is 1.43. The number of Topliss-reactive ketones (excluding diaryl/α,β-unsaturated/α-hetero) is 1. The van der Waals surface area contributed by atoms with Gasteiger partial charge in [-0.05, 0) is 19.1 Å². The first-order chi connectivity index (χ1) is 8.65. The lowest BCUT2D eigenvalue weighted by Gasteiger charge is -1.99. The first-order valence-corrected chi connectivity index (χ1v) is 5.40. The summed E-state index contributed by atoms with van der Waals surface area (Å²) in [4.78, 5) is 26.3. The number of hydrogen-bond acceptors (Lipinski definition) is 4. The van der Waals surface area contributed by atoms with E-state index < -0.39 is 0 Å². The number of nitrogens with zero attached hydrogens (tertiary/aromatic N) is 3. The monoisotopic (exact) mass is 244 g/mol. The second-order valence-electron chi connectivity index (χ2n) is 3.79. The number of hydrogen-bond donors (Lipinski definition) is 1. The average Bonchev–Trinajstić information content (AvgIpc) is 2.77. The van der Waals surface area contributed by atoms with Crippen molar-refractivity contribution in [2.75, 3.05) is 5.32 Å². The van der Waals surface area contributed by atoms with Crippen LogP contribution in [0.2, 0.25) is 0 Å². The summed E-state index contributed by atoms with van der Waals surface area (Å²) in [6.45, 7) is 1.37. The number of aromatic nitrogens is 3. The summed E-state index contributed by atoms with van der Waals surface area (Å²) in [5.41, 5.74) is 0.534. The van der Waals surface area contributed by atoms with Crippen LogP contribution in [0.15, 0.2) is 36.8 Å². The van der Waals surface area contributed by atoms with E-state index in [1.807, 2.05) is 12.1 Å². The minimum atomic E-state index is -0.344. The summed E-state index contributed by atoms with van der Waals surface area (Å²) in [5, 5.41) is 6.67. The molecule has 2 aromatic rings. The summed E-state index contributed by atoms with van der Waals surface area (Å²) in [5.74, 6) is 0.136. The van der Waals surface area contributed by atoms with E-state index in [1.54, 1.807) is 23.1 Å². The maximum atomic E-state index is 11.4. The van der Waals surface area contributed by atoms with Gasteiger partial charge in [-0.25, -0.2) is 9.67 Å². The number of pyridine rings is 1. The third kappa shape index (κ3) is 3.00. The van der Waals surface area contributed by atoms with Gasteiger partial charge in [0.05, 0.1) is 24.5 Å². The van der Waals surface area contributed by atoms with Gasteiger partial charge >= 0.3 is 0 Å². The average molecular weight is 244 g/mol. The molecule has 1 N–H and O–H groups in total. The first-order valence-electron chi connectivity index (χ1n) is 5.40. The van der Waals surface area contributed by atoms with Crippen molar-refractivity contribution in [3.63, 3.8) is 0 Å². The van der Waals surface area contributed by atoms with Gasteiger partial charge in [-0.1, -0.05) is 6.07 Å². The number of amides is 1. The van der Waals surface area contributed by atoms with Crippen LogP contribution in [0, 0.1) is 0 Å². The topological polar surface area (TPSA) is 76.9 Å². The molecule has 18 heavy (non-hydrogen) atoms. The van der Waals surface area contributed by atoms with Gasteiger partial charge in [0.2, 0.25) is 5.91 Å². The minimum absolute atomic E-state index is 0.130. The van der Waals surface area contributed by atoms with Crippen LogP contribution in [0.3, 0.4) is 0 Å². The number of rotatable bonds is 4. The SMILES string of the molecule is CC(=O)CC(=O)Nc1cnn(-c2ccccn2)c1. The van der Waals surface area contributed by atoms with E-state index >= 15 is 0 Å². The summed E-state index contributed by atoms with van der Waals surface area (Å²) >= 11 is 0. The Bertz CT molecular complexity index is 562. The summed E-state index contributed by atoms with van der Waals surface area (Å²) < 4.78 is 1.55. The predicted molar refractivity (Wildman–Crippen MR) is 65.3 cm³/mol. The second kappa shape index (κ2) is 5.22. The zero-order chi connectivity index (χ0) is 13.0. The molecule has 0 saturated carbocycles. The molecule has 0 aliphatic rings. The molecule has 2 heterocycles. The Morgan fingerprint density at radius 1 is 1.39 bits per heavy atom. The molecular weight excluding hydrogens is 232 g/mol. The van der Waals surface area contributed by atoms with Crippen LogP contribution >= 0.6 is 0 Å². The standard InChI is InChI=1S/C12H12N4O2/c1-9(17)6-12(18)15-10-7-14-16(8-10)11-4-2-3-5-13-11/h2-5,7-8H,6H2,1H3,(H,15,18). The van der Waals surface area contributed by atoms with Crippen molar-refractivity contribution in [3.8, 4) is 5.82 Å². The largest absolute Gasteiger partial charge is 0.323 e. The molecule has 2 rings (SSSR count). The molecule has 6 heteroatoms.